The van der Waals surface area contributed by atoms with E-state index in [-0.39, 0.29) is 61.7 Å². The van der Waals surface area contributed by atoms with Gasteiger partial charge in [0, 0.05) is 36.0 Å². The van der Waals surface area contributed by atoms with Crippen LogP contribution in [0.15, 0.2) is 139 Å². The van der Waals surface area contributed by atoms with Crippen molar-refractivity contribution in [3.05, 3.63) is 161 Å². The molecule has 0 spiro atoms. The number of thioether (sulfide) groups is 1. The molecule has 2 N–H and O–H groups in total. The number of anilines is 1. The Morgan fingerprint density at radius 2 is 1.46 bits per heavy atom. The van der Waals surface area contributed by atoms with Crippen molar-refractivity contribution in [1.82, 2.24) is 19.5 Å². The van der Waals surface area contributed by atoms with Crippen LogP contribution in [0, 0.1) is 5.41 Å². The molecule has 408 valence electrons. The van der Waals surface area contributed by atoms with Crippen LogP contribution in [0.25, 0.3) is 0 Å². The van der Waals surface area contributed by atoms with Crippen molar-refractivity contribution in [1.29, 1.82) is 0 Å². The molecule has 20 heteroatoms. The molecule has 0 radical (unpaired) electrons. The van der Waals surface area contributed by atoms with Crippen LogP contribution in [0.1, 0.15) is 70.9 Å². The molecule has 1 aromatic heterocycles. The maximum Gasteiger partial charge on any atom is 0.407 e. The number of methoxy groups -OCH3 is 2. The van der Waals surface area contributed by atoms with E-state index in [9.17, 15) is 19.2 Å². The van der Waals surface area contributed by atoms with Crippen molar-refractivity contribution in [3.8, 4) is 17.2 Å². The van der Waals surface area contributed by atoms with Gasteiger partial charge in [-0.1, -0.05) is 111 Å². The highest BCUT2D eigenvalue weighted by atomic mass is 32.2. The SMILES string of the molecule is C=CCOC(=O)NCCC(C)(C)C(=O)SCCOP(OC1C(COC(c2ccccc2)(c2ccc(OC)cc2)c2ccc(OC)cc2)OC(n2ccc(NC(=O)COc3ccccc3)nc2=O)C1F)N(C(C)C)C(C)C. The molecular formula is C56H69FN5O12PS. The predicted octanol–water partition coefficient (Wildman–Crippen LogP) is 9.86. The van der Waals surface area contributed by atoms with Crippen molar-refractivity contribution in [2.45, 2.75) is 90.3 Å². The van der Waals surface area contributed by atoms with Crippen molar-refractivity contribution >= 4 is 43.2 Å². The summed E-state index contributed by atoms with van der Waals surface area (Å²) in [5.41, 5.74) is -0.863. The first-order valence-electron chi connectivity index (χ1n) is 24.9. The summed E-state index contributed by atoms with van der Waals surface area (Å²) < 4.78 is 69.7. The van der Waals surface area contributed by atoms with Gasteiger partial charge in [0.25, 0.3) is 14.4 Å². The number of amides is 2. The molecule has 5 atom stereocenters. The molecule has 17 nitrogen and oxygen atoms in total. The van der Waals surface area contributed by atoms with Gasteiger partial charge in [-0.25, -0.2) is 18.6 Å². The molecule has 5 unspecified atom stereocenters. The molecule has 1 saturated heterocycles. The third-order valence-electron chi connectivity index (χ3n) is 12.3. The van der Waals surface area contributed by atoms with Gasteiger partial charge in [-0.05, 0) is 93.3 Å². The van der Waals surface area contributed by atoms with Gasteiger partial charge in [0.1, 0.15) is 47.5 Å². The van der Waals surface area contributed by atoms with Crippen LogP contribution in [0.2, 0.25) is 0 Å². The fourth-order valence-electron chi connectivity index (χ4n) is 8.42. The Kier molecular flexibility index (Phi) is 22.0. The first-order chi connectivity index (χ1) is 36.5. The number of rotatable bonds is 28. The van der Waals surface area contributed by atoms with Gasteiger partial charge < -0.3 is 48.1 Å². The number of aromatic nitrogens is 2. The highest BCUT2D eigenvalue weighted by molar-refractivity contribution is 8.13. The van der Waals surface area contributed by atoms with E-state index in [1.807, 2.05) is 117 Å². The minimum Gasteiger partial charge on any atom is -0.497 e. The Morgan fingerprint density at radius 3 is 2.03 bits per heavy atom. The number of alkyl halides is 1. The first-order valence-corrected chi connectivity index (χ1v) is 27.0. The Morgan fingerprint density at radius 1 is 0.868 bits per heavy atom. The van der Waals surface area contributed by atoms with Gasteiger partial charge in [0.05, 0.1) is 27.4 Å². The lowest BCUT2D eigenvalue weighted by molar-refractivity contribution is -0.119. The lowest BCUT2D eigenvalue weighted by Gasteiger charge is -2.39. The number of carbonyl (C=O) groups excluding carboxylic acids is 3. The van der Waals surface area contributed by atoms with Crippen LogP contribution in [-0.4, -0.2) is 115 Å². The van der Waals surface area contributed by atoms with Gasteiger partial charge >= 0.3 is 11.8 Å². The maximum absolute atomic E-state index is 17.8. The van der Waals surface area contributed by atoms with Crippen molar-refractivity contribution in [3.63, 3.8) is 0 Å². The lowest BCUT2D eigenvalue weighted by atomic mass is 9.80. The number of nitrogens with one attached hydrogen (secondary N) is 2. The molecule has 1 aliphatic rings. The Balaban J connectivity index is 1.32. The Hall–Kier alpha value is -6.18. The molecule has 1 aliphatic heterocycles. The minimum absolute atomic E-state index is 0.0500. The fourth-order valence-corrected chi connectivity index (χ4v) is 11.2. The van der Waals surface area contributed by atoms with E-state index in [4.69, 9.17) is 37.5 Å². The van der Waals surface area contributed by atoms with Crippen molar-refractivity contribution in [2.24, 2.45) is 5.41 Å². The van der Waals surface area contributed by atoms with E-state index in [2.05, 4.69) is 22.2 Å². The molecule has 4 aromatic carbocycles. The number of alkyl carbamates (subject to hydrolysis) is 1. The quantitative estimate of drug-likeness (QED) is 0.0208. The summed E-state index contributed by atoms with van der Waals surface area (Å²) in [4.78, 5) is 56.3. The number of carbonyl (C=O) groups is 3. The third-order valence-corrected chi connectivity index (χ3v) is 15.6. The largest absolute Gasteiger partial charge is 0.497 e. The number of hydrogen-bond donors (Lipinski definition) is 2. The van der Waals surface area contributed by atoms with Crippen LogP contribution in [0.4, 0.5) is 15.0 Å². The van der Waals surface area contributed by atoms with Gasteiger partial charge in [-0.2, -0.15) is 4.98 Å². The summed E-state index contributed by atoms with van der Waals surface area (Å²) in [5.74, 6) is 1.33. The number of para-hydroxylation sites is 1. The topological polar surface area (TPSA) is 187 Å². The average Bonchev–Trinajstić information content (AvgIpc) is 3.73. The summed E-state index contributed by atoms with van der Waals surface area (Å²) >= 11 is 1.09. The second-order valence-corrected chi connectivity index (χ2v) is 21.2. The van der Waals surface area contributed by atoms with Crippen molar-refractivity contribution in [2.75, 3.05) is 58.3 Å². The lowest BCUT2D eigenvalue weighted by Crippen LogP contribution is -2.41. The number of halogens is 1. The van der Waals surface area contributed by atoms with Gasteiger partial charge in [-0.3, -0.25) is 14.2 Å². The first kappa shape index (κ1) is 59.1. The monoisotopic (exact) mass is 1090 g/mol. The molecule has 2 heterocycles. The number of nitrogens with zero attached hydrogens (tertiary/aromatic N) is 3. The van der Waals surface area contributed by atoms with E-state index >= 15 is 4.39 Å². The van der Waals surface area contributed by atoms with E-state index in [0.29, 0.717) is 23.7 Å². The molecular weight excluding hydrogens is 1020 g/mol. The van der Waals surface area contributed by atoms with E-state index in [1.165, 1.54) is 18.3 Å². The van der Waals surface area contributed by atoms with Crippen LogP contribution in [0.5, 0.6) is 17.2 Å². The summed E-state index contributed by atoms with van der Waals surface area (Å²) in [7, 11) is 1.08. The molecule has 1 fully saturated rings. The molecule has 2 amide bonds. The normalized spacial score (nSPS) is 17.1. The Bertz CT molecular complexity index is 2650. The van der Waals surface area contributed by atoms with E-state index in [0.717, 1.165) is 33.0 Å². The third kappa shape index (κ3) is 15.5. The summed E-state index contributed by atoms with van der Waals surface area (Å²) in [5, 5.41) is 5.11. The van der Waals surface area contributed by atoms with Crippen LogP contribution in [-0.2, 0) is 38.4 Å². The van der Waals surface area contributed by atoms with Crippen LogP contribution in [0.3, 0.4) is 0 Å². The smallest absolute Gasteiger partial charge is 0.407 e. The molecule has 0 aliphatic carbocycles. The number of benzene rings is 4. The second-order valence-electron chi connectivity index (χ2n) is 18.8. The van der Waals surface area contributed by atoms with E-state index < -0.39 is 61.8 Å². The predicted molar refractivity (Wildman–Crippen MR) is 291 cm³/mol. The highest BCUT2D eigenvalue weighted by Gasteiger charge is 2.51. The fraction of sp³-hybridized carbons (Fsp3) is 0.411. The average molecular weight is 1090 g/mol. The zero-order chi connectivity index (χ0) is 54.8. The summed E-state index contributed by atoms with van der Waals surface area (Å²) in [6.45, 7) is 14.8. The second kappa shape index (κ2) is 28.3. The minimum atomic E-state index is -2.09. The zero-order valence-corrected chi connectivity index (χ0v) is 45.9. The Labute approximate surface area is 449 Å². The van der Waals surface area contributed by atoms with E-state index in [1.54, 1.807) is 52.3 Å². The molecule has 6 rings (SSSR count). The van der Waals surface area contributed by atoms with Gasteiger partial charge in [0.2, 0.25) is 0 Å². The van der Waals surface area contributed by atoms with Gasteiger partial charge in [0.15, 0.2) is 24.1 Å². The van der Waals surface area contributed by atoms with Crippen molar-refractivity contribution < 1.29 is 56.2 Å². The zero-order valence-electron chi connectivity index (χ0n) is 44.2. The molecule has 5 aromatic rings. The molecule has 0 bridgehead atoms. The summed E-state index contributed by atoms with van der Waals surface area (Å²) in [6.07, 6.45) is -3.64. The van der Waals surface area contributed by atoms with Crippen LogP contribution >= 0.6 is 20.3 Å². The van der Waals surface area contributed by atoms with Gasteiger partial charge in [-0.15, -0.1) is 0 Å². The maximum atomic E-state index is 17.8. The highest BCUT2D eigenvalue weighted by Crippen LogP contribution is 2.51. The number of hydrogen-bond acceptors (Lipinski definition) is 15. The number of ether oxygens (including phenoxy) is 6. The summed E-state index contributed by atoms with van der Waals surface area (Å²) in [6, 6.07) is 34.4. The molecule has 76 heavy (non-hydrogen) atoms. The van der Waals surface area contributed by atoms with Crippen LogP contribution < -0.4 is 30.5 Å². The standard InChI is InChI=1S/C56H69FN5O12PS/c1-10-33-69-54(66)58-31-30-55(6,7)52(64)76-35-34-72-75(62(38(2)3)39(4)5)74-50-46(73-51(49(50)57)61-32-29-47(60-53(61)65)59-48(63)37-70-45-19-15-12-16-20-45)36-71-56(40-17-13-11-14-18-40,41-21-25-43(67-8)26-22-41)42-23-27-44(68-9)28-24-42/h10-29,32,38-39,46,49-51H,1,30-31,33-37H2,2-9H3,(H,58,66)(H,59,60,63,65). The molecule has 0 saturated carbocycles.